The standard InChI is InChI=1S/C36H42ClN3O2S/c1-7-25-13-12-14-26(8-2)33(25)40-31(19-22(3)4)29(35(41)39-17-10-9-11-18-39)21-30(36(40)42)34-38-32(24(6)43-34)28-16-15-27(37)20-23(28)5/h12-16,20-22H,7-11,17-19H2,1-6H3. The van der Waals surface area contributed by atoms with Crippen LogP contribution in [0, 0.1) is 19.8 Å². The van der Waals surface area contributed by atoms with E-state index in [0.29, 0.717) is 27.6 Å². The molecule has 0 N–H and O–H groups in total. The molecule has 0 aliphatic carbocycles. The summed E-state index contributed by atoms with van der Waals surface area (Å²) in [7, 11) is 0. The summed E-state index contributed by atoms with van der Waals surface area (Å²) in [6.45, 7) is 14.1. The van der Waals surface area contributed by atoms with Crippen LogP contribution in [0.4, 0.5) is 0 Å². The number of carbonyl (C=O) groups is 1. The Balaban J connectivity index is 1.83. The topological polar surface area (TPSA) is 55.2 Å². The van der Waals surface area contributed by atoms with E-state index in [1.165, 1.54) is 11.3 Å². The number of carbonyl (C=O) groups excluding carboxylic acids is 1. The van der Waals surface area contributed by atoms with Crippen molar-refractivity contribution in [1.82, 2.24) is 14.5 Å². The lowest BCUT2D eigenvalue weighted by atomic mass is 9.96. The number of pyridine rings is 1. The number of benzene rings is 2. The summed E-state index contributed by atoms with van der Waals surface area (Å²) in [6.07, 6.45) is 5.34. The third-order valence-corrected chi connectivity index (χ3v) is 9.68. The smallest absolute Gasteiger partial charge is 0.265 e. The number of aryl methyl sites for hydroxylation is 4. The third-order valence-electron chi connectivity index (χ3n) is 8.44. The van der Waals surface area contributed by atoms with E-state index in [9.17, 15) is 9.59 Å². The van der Waals surface area contributed by atoms with Crippen molar-refractivity contribution in [2.75, 3.05) is 13.1 Å². The summed E-state index contributed by atoms with van der Waals surface area (Å²) in [6, 6.07) is 13.9. The first-order valence-corrected chi connectivity index (χ1v) is 16.8. The first-order valence-electron chi connectivity index (χ1n) is 15.6. The molecule has 1 aliphatic rings. The first kappa shape index (κ1) is 31.2. The molecule has 0 saturated carbocycles. The number of para-hydroxylation sites is 1. The Hall–Kier alpha value is -3.22. The monoisotopic (exact) mass is 615 g/mol. The maximum Gasteiger partial charge on any atom is 0.265 e. The fourth-order valence-electron chi connectivity index (χ4n) is 6.24. The fourth-order valence-corrected chi connectivity index (χ4v) is 7.40. The van der Waals surface area contributed by atoms with Crippen molar-refractivity contribution >= 4 is 28.8 Å². The van der Waals surface area contributed by atoms with E-state index in [1.807, 2.05) is 47.6 Å². The Bertz CT molecular complexity index is 1690. The van der Waals surface area contributed by atoms with Crippen LogP contribution in [0.5, 0.6) is 0 Å². The molecule has 1 aliphatic heterocycles. The van der Waals surface area contributed by atoms with Crippen molar-refractivity contribution < 1.29 is 4.79 Å². The predicted octanol–water partition coefficient (Wildman–Crippen LogP) is 8.85. The van der Waals surface area contributed by atoms with Crippen LogP contribution in [0.3, 0.4) is 0 Å². The Morgan fingerprint density at radius 3 is 2.26 bits per heavy atom. The van der Waals surface area contributed by atoms with Gasteiger partial charge in [-0.1, -0.05) is 63.6 Å². The lowest BCUT2D eigenvalue weighted by Crippen LogP contribution is -2.38. The summed E-state index contributed by atoms with van der Waals surface area (Å²) < 4.78 is 1.88. The Labute approximate surface area is 264 Å². The first-order chi connectivity index (χ1) is 20.6. The Morgan fingerprint density at radius 2 is 1.65 bits per heavy atom. The van der Waals surface area contributed by atoms with Gasteiger partial charge in [0.2, 0.25) is 0 Å². The number of halogens is 1. The molecule has 43 heavy (non-hydrogen) atoms. The fraction of sp³-hybridized carbons (Fsp3) is 0.417. The maximum absolute atomic E-state index is 14.8. The van der Waals surface area contributed by atoms with Gasteiger partial charge >= 0.3 is 0 Å². The second-order valence-electron chi connectivity index (χ2n) is 12.0. The van der Waals surface area contributed by atoms with Crippen LogP contribution in [0.2, 0.25) is 5.02 Å². The summed E-state index contributed by atoms with van der Waals surface area (Å²) in [4.78, 5) is 37.2. The van der Waals surface area contributed by atoms with Crippen LogP contribution in [-0.4, -0.2) is 33.4 Å². The van der Waals surface area contributed by atoms with Crippen LogP contribution >= 0.6 is 22.9 Å². The highest BCUT2D eigenvalue weighted by Gasteiger charge is 2.29. The van der Waals surface area contributed by atoms with Gasteiger partial charge in [0, 0.05) is 34.2 Å². The van der Waals surface area contributed by atoms with Gasteiger partial charge in [0.15, 0.2) is 0 Å². The molecule has 5 nitrogen and oxygen atoms in total. The molecule has 1 amide bonds. The van der Waals surface area contributed by atoms with Crippen molar-refractivity contribution in [2.24, 2.45) is 5.92 Å². The van der Waals surface area contributed by atoms with E-state index in [-0.39, 0.29) is 17.4 Å². The van der Waals surface area contributed by atoms with Gasteiger partial charge in [-0.05, 0) is 93.2 Å². The molecule has 226 valence electrons. The predicted molar refractivity (Wildman–Crippen MR) is 180 cm³/mol. The minimum atomic E-state index is -0.116. The highest BCUT2D eigenvalue weighted by atomic mass is 35.5. The van der Waals surface area contributed by atoms with Gasteiger partial charge in [-0.25, -0.2) is 4.98 Å². The SMILES string of the molecule is CCc1cccc(CC)c1-n1c(CC(C)C)c(C(=O)N2CCCCC2)cc(-c2nc(-c3ccc(Cl)cc3C)c(C)s2)c1=O. The molecule has 5 rings (SSSR count). The molecule has 0 unspecified atom stereocenters. The molecule has 2 aromatic carbocycles. The van der Waals surface area contributed by atoms with E-state index in [4.69, 9.17) is 16.6 Å². The summed E-state index contributed by atoms with van der Waals surface area (Å²) >= 11 is 7.76. The molecule has 3 heterocycles. The second-order valence-corrected chi connectivity index (χ2v) is 13.7. The van der Waals surface area contributed by atoms with Crippen molar-refractivity contribution in [2.45, 2.75) is 80.1 Å². The van der Waals surface area contributed by atoms with Crippen LogP contribution < -0.4 is 5.56 Å². The average molecular weight is 616 g/mol. The van der Waals surface area contributed by atoms with Crippen molar-refractivity contribution in [3.05, 3.63) is 90.7 Å². The highest BCUT2D eigenvalue weighted by molar-refractivity contribution is 7.15. The van der Waals surface area contributed by atoms with Gasteiger partial charge in [-0.3, -0.25) is 14.2 Å². The van der Waals surface area contributed by atoms with Gasteiger partial charge in [0.05, 0.1) is 22.5 Å². The normalized spacial score (nSPS) is 13.6. The zero-order chi connectivity index (χ0) is 30.8. The second kappa shape index (κ2) is 13.2. The van der Waals surface area contributed by atoms with Gasteiger partial charge in [0.1, 0.15) is 5.01 Å². The van der Waals surface area contributed by atoms with E-state index in [1.54, 1.807) is 0 Å². The molecule has 0 atom stereocenters. The number of aromatic nitrogens is 2. The number of hydrogen-bond acceptors (Lipinski definition) is 4. The molecule has 7 heteroatoms. The Kier molecular flexibility index (Phi) is 9.57. The van der Waals surface area contributed by atoms with Crippen LogP contribution in [-0.2, 0) is 19.3 Å². The highest BCUT2D eigenvalue weighted by Crippen LogP contribution is 2.36. The molecule has 0 spiro atoms. The van der Waals surface area contributed by atoms with E-state index in [2.05, 4.69) is 45.9 Å². The van der Waals surface area contributed by atoms with Crippen LogP contribution in [0.1, 0.15) is 84.6 Å². The van der Waals surface area contributed by atoms with E-state index in [0.717, 1.165) is 89.4 Å². The molecule has 0 bridgehead atoms. The van der Waals surface area contributed by atoms with Crippen molar-refractivity contribution in [1.29, 1.82) is 0 Å². The van der Waals surface area contributed by atoms with Gasteiger partial charge < -0.3 is 4.90 Å². The number of likely N-dealkylation sites (tertiary alicyclic amines) is 1. The van der Waals surface area contributed by atoms with Crippen LogP contribution in [0.25, 0.3) is 27.5 Å². The largest absolute Gasteiger partial charge is 0.339 e. The van der Waals surface area contributed by atoms with E-state index < -0.39 is 0 Å². The number of nitrogens with zero attached hydrogens (tertiary/aromatic N) is 3. The molecular weight excluding hydrogens is 574 g/mol. The molecule has 4 aromatic rings. The zero-order valence-corrected chi connectivity index (χ0v) is 27.8. The lowest BCUT2D eigenvalue weighted by Gasteiger charge is -2.29. The number of rotatable bonds is 8. The van der Waals surface area contributed by atoms with Gasteiger partial charge in [-0.15, -0.1) is 11.3 Å². The number of piperidine rings is 1. The number of thiazole rings is 1. The maximum atomic E-state index is 14.8. The summed E-state index contributed by atoms with van der Waals surface area (Å²) in [5.74, 6) is 0.268. The number of amides is 1. The molecular formula is C36H42ClN3O2S. The molecule has 1 saturated heterocycles. The molecule has 2 aromatic heterocycles. The number of hydrogen-bond donors (Lipinski definition) is 0. The average Bonchev–Trinajstić information content (AvgIpc) is 3.37. The van der Waals surface area contributed by atoms with E-state index >= 15 is 0 Å². The third kappa shape index (κ3) is 6.23. The van der Waals surface area contributed by atoms with Crippen LogP contribution in [0.15, 0.2) is 47.3 Å². The quantitative estimate of drug-likeness (QED) is 0.199. The minimum absolute atomic E-state index is 0.0134. The summed E-state index contributed by atoms with van der Waals surface area (Å²) in [5, 5.41) is 1.32. The zero-order valence-electron chi connectivity index (χ0n) is 26.2. The van der Waals surface area contributed by atoms with Crippen molar-refractivity contribution in [3.8, 4) is 27.5 Å². The summed E-state index contributed by atoms with van der Waals surface area (Å²) in [5.41, 5.74) is 7.79. The molecule has 1 fully saturated rings. The lowest BCUT2D eigenvalue weighted by molar-refractivity contribution is 0.0722. The van der Waals surface area contributed by atoms with Gasteiger partial charge in [0.25, 0.3) is 11.5 Å². The Morgan fingerprint density at radius 1 is 0.977 bits per heavy atom. The minimum Gasteiger partial charge on any atom is -0.339 e. The van der Waals surface area contributed by atoms with Gasteiger partial charge in [-0.2, -0.15) is 0 Å². The molecule has 0 radical (unpaired) electrons. The van der Waals surface area contributed by atoms with Crippen molar-refractivity contribution in [3.63, 3.8) is 0 Å².